The number of hydrazone groups is 1. The Morgan fingerprint density at radius 1 is 0.822 bits per heavy atom. The zero-order valence-corrected chi connectivity index (χ0v) is 23.4. The van der Waals surface area contributed by atoms with Gasteiger partial charge in [0.05, 0.1) is 33.5 Å². The molecule has 12 nitrogen and oxygen atoms in total. The van der Waals surface area contributed by atoms with Crippen molar-refractivity contribution in [1.82, 2.24) is 5.43 Å². The molecule has 12 heteroatoms. The number of benzene rings is 4. The predicted octanol–water partition coefficient (Wildman–Crippen LogP) is 4.40. The highest BCUT2D eigenvalue weighted by molar-refractivity contribution is 6.25. The number of non-ortho nitro benzene ring substituents is 1. The number of carbonyl (C=O) groups is 3. The molecule has 1 N–H and O–H groups in total. The van der Waals surface area contributed by atoms with Crippen molar-refractivity contribution in [2.24, 2.45) is 16.9 Å². The maximum absolute atomic E-state index is 14.4. The van der Waals surface area contributed by atoms with Gasteiger partial charge in [0.1, 0.15) is 5.69 Å². The Hall–Kier alpha value is -6.04. The Bertz CT molecular complexity index is 1920. The third kappa shape index (κ3) is 4.06. The van der Waals surface area contributed by atoms with E-state index >= 15 is 0 Å². The fraction of sp³-hybridized carbons (Fsp3) is 0.152. The van der Waals surface area contributed by atoms with Gasteiger partial charge in [0.15, 0.2) is 0 Å². The van der Waals surface area contributed by atoms with Crippen molar-refractivity contribution >= 4 is 41.0 Å². The maximum Gasteiger partial charge on any atom is 0.293 e. The first-order valence-electron chi connectivity index (χ1n) is 14.1. The standard InChI is InChI=1S/C33H23N5O7/c39-27(17-19-13-15-20(16-14-19)37(42)43)35-34-18-33-23-9-3-1-7-21(23)28(22-8-2-4-10-24(22)33)29-30(33)32(41)36(31(29)40)25-11-5-6-12-26(25)38(44)45/h1-16,18,28-30H,17H2,(H,35,39)/b34-18-/t28?,29-,30-,33?/m1/s1. The Morgan fingerprint density at radius 2 is 1.42 bits per heavy atom. The summed E-state index contributed by atoms with van der Waals surface area (Å²) in [5.74, 6) is -3.95. The van der Waals surface area contributed by atoms with Crippen molar-refractivity contribution in [3.63, 3.8) is 0 Å². The molecule has 0 spiro atoms. The molecule has 2 bridgehead atoms. The van der Waals surface area contributed by atoms with E-state index in [0.29, 0.717) is 5.56 Å². The topological polar surface area (TPSA) is 165 Å². The van der Waals surface area contributed by atoms with E-state index in [1.807, 2.05) is 48.5 Å². The lowest BCUT2D eigenvalue weighted by molar-refractivity contribution is -0.384. The second-order valence-corrected chi connectivity index (χ2v) is 11.2. The van der Waals surface area contributed by atoms with E-state index < -0.39 is 50.7 Å². The highest BCUT2D eigenvalue weighted by atomic mass is 16.6. The summed E-state index contributed by atoms with van der Waals surface area (Å²) < 4.78 is 0. The Kier molecular flexibility index (Phi) is 6.36. The average molecular weight is 602 g/mol. The van der Waals surface area contributed by atoms with E-state index in [4.69, 9.17) is 0 Å². The van der Waals surface area contributed by atoms with Gasteiger partial charge in [-0.05, 0) is 33.9 Å². The number of nitro benzene ring substituents is 2. The van der Waals surface area contributed by atoms with Crippen molar-refractivity contribution in [2.45, 2.75) is 17.8 Å². The molecule has 0 saturated carbocycles. The smallest absolute Gasteiger partial charge is 0.274 e. The van der Waals surface area contributed by atoms with Gasteiger partial charge in [0.25, 0.3) is 11.4 Å². The van der Waals surface area contributed by atoms with Crippen LogP contribution in [-0.4, -0.2) is 33.8 Å². The van der Waals surface area contributed by atoms with E-state index in [2.05, 4.69) is 10.5 Å². The number of imide groups is 1. The summed E-state index contributed by atoms with van der Waals surface area (Å²) >= 11 is 0. The van der Waals surface area contributed by atoms with E-state index in [-0.39, 0.29) is 23.5 Å². The maximum atomic E-state index is 14.4. The van der Waals surface area contributed by atoms with E-state index in [1.165, 1.54) is 48.7 Å². The minimum atomic E-state index is -1.28. The lowest BCUT2D eigenvalue weighted by atomic mass is 9.47. The molecule has 0 aromatic heterocycles. The number of hydrogen-bond acceptors (Lipinski definition) is 8. The number of nitrogens with one attached hydrogen (secondary N) is 1. The third-order valence-corrected chi connectivity index (χ3v) is 8.97. The van der Waals surface area contributed by atoms with Crippen molar-refractivity contribution in [2.75, 3.05) is 4.90 Å². The van der Waals surface area contributed by atoms with Gasteiger partial charge >= 0.3 is 0 Å². The molecular formula is C33H23N5O7. The van der Waals surface area contributed by atoms with Crippen LogP contribution in [0.15, 0.2) is 102 Å². The second kappa shape index (κ2) is 10.3. The molecule has 1 saturated heterocycles. The molecule has 2 atom stereocenters. The number of nitro groups is 2. The number of carbonyl (C=O) groups excluding carboxylic acids is 3. The first kappa shape index (κ1) is 27.8. The molecule has 45 heavy (non-hydrogen) atoms. The summed E-state index contributed by atoms with van der Waals surface area (Å²) in [6.07, 6.45) is 1.39. The van der Waals surface area contributed by atoms with Crippen LogP contribution < -0.4 is 10.3 Å². The van der Waals surface area contributed by atoms with Crippen LogP contribution >= 0.6 is 0 Å². The van der Waals surface area contributed by atoms with Gasteiger partial charge in [0, 0.05) is 30.3 Å². The highest BCUT2D eigenvalue weighted by Crippen LogP contribution is 2.63. The fourth-order valence-corrected chi connectivity index (χ4v) is 7.26. The summed E-state index contributed by atoms with van der Waals surface area (Å²) in [5, 5.41) is 27.2. The van der Waals surface area contributed by atoms with Crippen molar-refractivity contribution in [3.05, 3.63) is 145 Å². The molecule has 222 valence electrons. The zero-order valence-electron chi connectivity index (χ0n) is 23.4. The molecule has 1 aliphatic heterocycles. The minimum Gasteiger partial charge on any atom is -0.274 e. The first-order valence-corrected chi connectivity index (χ1v) is 14.1. The SMILES string of the molecule is O=C(Cc1ccc([N+](=O)[O-])cc1)N/N=C\C12c3ccccc3C(c3ccccc31)[C@H]1C(=O)N(c3ccccc3[N+](=O)[O-])C(=O)[C@@H]12. The van der Waals surface area contributed by atoms with E-state index in [9.17, 15) is 34.6 Å². The van der Waals surface area contributed by atoms with E-state index in [1.54, 1.807) is 6.07 Å². The summed E-state index contributed by atoms with van der Waals surface area (Å²) in [6.45, 7) is 0. The van der Waals surface area contributed by atoms with Crippen molar-refractivity contribution < 1.29 is 24.2 Å². The largest absolute Gasteiger partial charge is 0.293 e. The van der Waals surface area contributed by atoms with Crippen LogP contribution in [0.25, 0.3) is 0 Å². The summed E-state index contributed by atoms with van der Waals surface area (Å²) in [4.78, 5) is 64.3. The summed E-state index contributed by atoms with van der Waals surface area (Å²) in [5.41, 5.74) is 4.43. The second-order valence-electron chi connectivity index (χ2n) is 11.2. The quantitative estimate of drug-likeness (QED) is 0.142. The summed E-state index contributed by atoms with van der Waals surface area (Å²) in [7, 11) is 0. The number of anilines is 1. The lowest BCUT2D eigenvalue weighted by Gasteiger charge is -2.52. The van der Waals surface area contributed by atoms with Crippen molar-refractivity contribution in [3.8, 4) is 0 Å². The number of amides is 3. The van der Waals surface area contributed by atoms with Crippen LogP contribution in [0.3, 0.4) is 0 Å². The molecule has 0 unspecified atom stereocenters. The van der Waals surface area contributed by atoms with Crippen LogP contribution in [0.5, 0.6) is 0 Å². The van der Waals surface area contributed by atoms with Crippen LogP contribution in [0, 0.1) is 32.1 Å². The summed E-state index contributed by atoms with van der Waals surface area (Å²) in [6, 6.07) is 26.2. The molecule has 8 rings (SSSR count). The number of rotatable bonds is 7. The Balaban J connectivity index is 1.32. The van der Waals surface area contributed by atoms with Gasteiger partial charge in [-0.1, -0.05) is 72.8 Å². The highest BCUT2D eigenvalue weighted by Gasteiger charge is 2.68. The van der Waals surface area contributed by atoms with Crippen LogP contribution in [0.4, 0.5) is 17.1 Å². The zero-order chi connectivity index (χ0) is 31.5. The molecule has 0 radical (unpaired) electrons. The minimum absolute atomic E-state index is 0.0945. The monoisotopic (exact) mass is 601 g/mol. The third-order valence-electron chi connectivity index (χ3n) is 8.97. The van der Waals surface area contributed by atoms with Gasteiger partial charge < -0.3 is 0 Å². The van der Waals surface area contributed by atoms with Gasteiger partial charge in [0.2, 0.25) is 17.7 Å². The van der Waals surface area contributed by atoms with Crippen LogP contribution in [0.2, 0.25) is 0 Å². The molecule has 3 amide bonds. The van der Waals surface area contributed by atoms with Crippen LogP contribution in [0.1, 0.15) is 33.7 Å². The van der Waals surface area contributed by atoms with Gasteiger partial charge in [-0.15, -0.1) is 0 Å². The number of hydrogen-bond donors (Lipinski definition) is 1. The van der Waals surface area contributed by atoms with Gasteiger partial charge in [-0.25, -0.2) is 10.3 Å². The Labute approximate surface area is 255 Å². The van der Waals surface area contributed by atoms with Gasteiger partial charge in [-0.2, -0.15) is 5.10 Å². The van der Waals surface area contributed by atoms with Gasteiger partial charge in [-0.3, -0.25) is 34.6 Å². The first-order chi connectivity index (χ1) is 21.7. The van der Waals surface area contributed by atoms with E-state index in [0.717, 1.165) is 27.2 Å². The number of nitrogens with zero attached hydrogens (tertiary/aromatic N) is 4. The molecule has 4 aromatic carbocycles. The molecule has 3 aliphatic carbocycles. The molecule has 4 aliphatic rings. The van der Waals surface area contributed by atoms with Crippen molar-refractivity contribution in [1.29, 1.82) is 0 Å². The Morgan fingerprint density at radius 3 is 2.04 bits per heavy atom. The average Bonchev–Trinajstić information content (AvgIpc) is 3.31. The normalized spacial score (nSPS) is 22.6. The molecular weight excluding hydrogens is 578 g/mol. The molecule has 1 fully saturated rings. The molecule has 4 aromatic rings. The molecule has 1 heterocycles. The van der Waals surface area contributed by atoms with Crippen LogP contribution in [-0.2, 0) is 26.2 Å². The predicted molar refractivity (Wildman–Crippen MR) is 162 cm³/mol. The fourth-order valence-electron chi connectivity index (χ4n) is 7.26. The lowest BCUT2D eigenvalue weighted by Crippen LogP contribution is -2.54. The number of para-hydroxylation sites is 2.